The molecule has 7 heteroatoms. The standard InChI is InChI=1S/C22H32N2O4.ClH/c1-3-5-18-28-21-10-7-19(8-11-21)6-9-20(25)12-13-23-14-16-24(17-15-23)22(26)27-4-2;/h6-11H,3-5,12-18H2,1-2H3;1H. The Morgan fingerprint density at radius 1 is 1.07 bits per heavy atom. The minimum Gasteiger partial charge on any atom is -0.494 e. The van der Waals surface area contributed by atoms with Crippen molar-refractivity contribution in [2.24, 2.45) is 0 Å². The maximum absolute atomic E-state index is 12.1. The van der Waals surface area contributed by atoms with Gasteiger partial charge >= 0.3 is 6.09 Å². The number of ether oxygens (including phenoxy) is 2. The number of amides is 1. The summed E-state index contributed by atoms with van der Waals surface area (Å²) >= 11 is 0. The van der Waals surface area contributed by atoms with Gasteiger partial charge in [-0.1, -0.05) is 31.6 Å². The molecule has 1 aromatic rings. The molecule has 0 atom stereocenters. The highest BCUT2D eigenvalue weighted by Gasteiger charge is 2.21. The van der Waals surface area contributed by atoms with Gasteiger partial charge in [-0.15, -0.1) is 12.4 Å². The van der Waals surface area contributed by atoms with Crippen LogP contribution in [0.1, 0.15) is 38.7 Å². The Morgan fingerprint density at radius 2 is 1.76 bits per heavy atom. The molecule has 0 radical (unpaired) electrons. The molecular formula is C22H33ClN2O4. The van der Waals surface area contributed by atoms with E-state index in [2.05, 4.69) is 11.8 Å². The van der Waals surface area contributed by atoms with E-state index in [1.807, 2.05) is 37.3 Å². The first-order valence-electron chi connectivity index (χ1n) is 10.2. The quantitative estimate of drug-likeness (QED) is 0.419. The largest absolute Gasteiger partial charge is 0.494 e. The lowest BCUT2D eigenvalue weighted by molar-refractivity contribution is -0.115. The van der Waals surface area contributed by atoms with E-state index in [1.165, 1.54) is 0 Å². The van der Waals surface area contributed by atoms with Crippen molar-refractivity contribution in [2.45, 2.75) is 33.1 Å². The highest BCUT2D eigenvalue weighted by molar-refractivity contribution is 5.93. The molecule has 1 aliphatic rings. The van der Waals surface area contributed by atoms with Gasteiger partial charge in [-0.2, -0.15) is 0 Å². The van der Waals surface area contributed by atoms with Crippen LogP contribution < -0.4 is 4.74 Å². The molecule has 1 saturated heterocycles. The molecule has 1 aromatic carbocycles. The first-order valence-corrected chi connectivity index (χ1v) is 10.2. The van der Waals surface area contributed by atoms with Crippen molar-refractivity contribution in [3.63, 3.8) is 0 Å². The van der Waals surface area contributed by atoms with Crippen molar-refractivity contribution in [3.05, 3.63) is 35.9 Å². The van der Waals surface area contributed by atoms with Gasteiger partial charge in [-0.05, 0) is 37.1 Å². The van der Waals surface area contributed by atoms with Crippen LogP contribution in [0.15, 0.2) is 30.3 Å². The number of hydrogen-bond donors (Lipinski definition) is 0. The SMILES string of the molecule is CCCCOc1ccc(C=CC(=O)CCN2CCN(C(=O)OCC)CC2)cc1.Cl. The van der Waals surface area contributed by atoms with E-state index in [1.54, 1.807) is 11.0 Å². The molecular weight excluding hydrogens is 392 g/mol. The normalized spacial score (nSPS) is 14.5. The van der Waals surface area contributed by atoms with Crippen LogP contribution in [0.4, 0.5) is 4.79 Å². The molecule has 0 aromatic heterocycles. The molecule has 1 heterocycles. The van der Waals surface area contributed by atoms with Crippen LogP contribution in [0.2, 0.25) is 0 Å². The Bertz CT molecular complexity index is 641. The molecule has 162 valence electrons. The zero-order valence-corrected chi connectivity index (χ0v) is 18.3. The number of allylic oxidation sites excluding steroid dienone is 1. The lowest BCUT2D eigenvalue weighted by atomic mass is 10.1. The number of hydrogen-bond acceptors (Lipinski definition) is 5. The highest BCUT2D eigenvalue weighted by Crippen LogP contribution is 2.14. The molecule has 0 N–H and O–H groups in total. The maximum Gasteiger partial charge on any atom is 0.409 e. The van der Waals surface area contributed by atoms with Gasteiger partial charge < -0.3 is 14.4 Å². The minimum absolute atomic E-state index is 0. The van der Waals surface area contributed by atoms with Crippen molar-refractivity contribution in [1.82, 2.24) is 9.80 Å². The molecule has 29 heavy (non-hydrogen) atoms. The lowest BCUT2D eigenvalue weighted by Crippen LogP contribution is -2.49. The van der Waals surface area contributed by atoms with Crippen LogP contribution in [-0.2, 0) is 9.53 Å². The van der Waals surface area contributed by atoms with Crippen LogP contribution >= 0.6 is 12.4 Å². The molecule has 1 fully saturated rings. The lowest BCUT2D eigenvalue weighted by Gasteiger charge is -2.33. The fraction of sp³-hybridized carbons (Fsp3) is 0.545. The zero-order valence-electron chi connectivity index (χ0n) is 17.5. The zero-order chi connectivity index (χ0) is 20.2. The molecule has 0 saturated carbocycles. The first-order chi connectivity index (χ1) is 13.6. The molecule has 0 spiro atoms. The topological polar surface area (TPSA) is 59.1 Å². The molecule has 1 aliphatic heterocycles. The molecule has 2 rings (SSSR count). The molecule has 0 aliphatic carbocycles. The number of nitrogens with zero attached hydrogens (tertiary/aromatic N) is 2. The van der Waals surface area contributed by atoms with Gasteiger partial charge in [0, 0.05) is 39.1 Å². The van der Waals surface area contributed by atoms with Gasteiger partial charge in [0.15, 0.2) is 5.78 Å². The third-order valence-corrected chi connectivity index (χ3v) is 4.68. The molecule has 1 amide bonds. The second-order valence-corrected chi connectivity index (χ2v) is 6.85. The fourth-order valence-corrected chi connectivity index (χ4v) is 2.92. The first kappa shape index (κ1) is 25.0. The second kappa shape index (κ2) is 14.0. The summed E-state index contributed by atoms with van der Waals surface area (Å²) in [5.74, 6) is 0.968. The van der Waals surface area contributed by atoms with Crippen molar-refractivity contribution in [1.29, 1.82) is 0 Å². The van der Waals surface area contributed by atoms with E-state index in [-0.39, 0.29) is 24.3 Å². The van der Waals surface area contributed by atoms with E-state index >= 15 is 0 Å². The molecule has 0 unspecified atom stereocenters. The predicted octanol–water partition coefficient (Wildman–Crippen LogP) is 4.03. The summed E-state index contributed by atoms with van der Waals surface area (Å²) in [7, 11) is 0. The summed E-state index contributed by atoms with van der Waals surface area (Å²) < 4.78 is 10.7. The average molecular weight is 425 g/mol. The third-order valence-electron chi connectivity index (χ3n) is 4.68. The van der Waals surface area contributed by atoms with Crippen molar-refractivity contribution < 1.29 is 19.1 Å². The Morgan fingerprint density at radius 3 is 2.38 bits per heavy atom. The third kappa shape index (κ3) is 9.33. The monoisotopic (exact) mass is 424 g/mol. The number of halogens is 1. The van der Waals surface area contributed by atoms with Crippen molar-refractivity contribution >= 4 is 30.4 Å². The number of carbonyl (C=O) groups excluding carboxylic acids is 2. The van der Waals surface area contributed by atoms with Gasteiger partial charge in [-0.3, -0.25) is 9.69 Å². The number of carbonyl (C=O) groups is 2. The highest BCUT2D eigenvalue weighted by atomic mass is 35.5. The summed E-state index contributed by atoms with van der Waals surface area (Å²) in [4.78, 5) is 27.8. The second-order valence-electron chi connectivity index (χ2n) is 6.85. The Hall–Kier alpha value is -2.05. The van der Waals surface area contributed by atoms with Gasteiger partial charge in [0.2, 0.25) is 0 Å². The number of ketones is 1. The molecule has 6 nitrogen and oxygen atoms in total. The minimum atomic E-state index is -0.247. The van der Waals surface area contributed by atoms with E-state index < -0.39 is 0 Å². The van der Waals surface area contributed by atoms with Gasteiger partial charge in [-0.25, -0.2) is 4.79 Å². The van der Waals surface area contributed by atoms with Gasteiger partial charge in [0.1, 0.15) is 5.75 Å². The van der Waals surface area contributed by atoms with Crippen LogP contribution in [0.5, 0.6) is 5.75 Å². The van der Waals surface area contributed by atoms with Crippen LogP contribution in [0, 0.1) is 0 Å². The number of piperazine rings is 1. The number of benzene rings is 1. The van der Waals surface area contributed by atoms with Gasteiger partial charge in [0.05, 0.1) is 13.2 Å². The van der Waals surface area contributed by atoms with Crippen LogP contribution in [-0.4, -0.2) is 67.6 Å². The Labute approximate surface area is 180 Å². The average Bonchev–Trinajstić information content (AvgIpc) is 2.72. The van der Waals surface area contributed by atoms with E-state index in [4.69, 9.17) is 9.47 Å². The fourth-order valence-electron chi connectivity index (χ4n) is 2.92. The van der Waals surface area contributed by atoms with Crippen molar-refractivity contribution in [3.8, 4) is 5.75 Å². The molecule has 0 bridgehead atoms. The van der Waals surface area contributed by atoms with Crippen LogP contribution in [0.25, 0.3) is 6.08 Å². The Kier molecular flexibility index (Phi) is 12.1. The Balaban J connectivity index is 0.00000420. The van der Waals surface area contributed by atoms with Gasteiger partial charge in [0.25, 0.3) is 0 Å². The van der Waals surface area contributed by atoms with Crippen molar-refractivity contribution in [2.75, 3.05) is 45.9 Å². The van der Waals surface area contributed by atoms with Crippen LogP contribution in [0.3, 0.4) is 0 Å². The predicted molar refractivity (Wildman–Crippen MR) is 118 cm³/mol. The summed E-state index contributed by atoms with van der Waals surface area (Å²) in [6.07, 6.45) is 5.88. The summed E-state index contributed by atoms with van der Waals surface area (Å²) in [6, 6.07) is 7.78. The summed E-state index contributed by atoms with van der Waals surface area (Å²) in [5, 5.41) is 0. The van der Waals surface area contributed by atoms with E-state index in [0.29, 0.717) is 32.7 Å². The smallest absolute Gasteiger partial charge is 0.409 e. The van der Waals surface area contributed by atoms with E-state index in [0.717, 1.165) is 43.9 Å². The number of rotatable bonds is 10. The van der Waals surface area contributed by atoms with E-state index in [9.17, 15) is 9.59 Å². The summed E-state index contributed by atoms with van der Waals surface area (Å²) in [6.45, 7) is 8.63. The summed E-state index contributed by atoms with van der Waals surface area (Å²) in [5.41, 5.74) is 0.985. The maximum atomic E-state index is 12.1. The number of unbranched alkanes of at least 4 members (excludes halogenated alkanes) is 1.